The average molecular weight is 357 g/mol. The van der Waals surface area contributed by atoms with Crippen LogP contribution in [0.2, 0.25) is 0 Å². The van der Waals surface area contributed by atoms with Crippen molar-refractivity contribution in [3.8, 4) is 11.3 Å². The normalized spacial score (nSPS) is 11.1. The zero-order chi connectivity index (χ0) is 19.0. The number of fused-ring (bicyclic) bond motifs is 1. The molecule has 5 nitrogen and oxygen atoms in total. The Balaban J connectivity index is 1.78. The molecular formula is C22H23N5. The van der Waals surface area contributed by atoms with E-state index >= 15 is 0 Å². The number of hydrogen-bond donors (Lipinski definition) is 1. The van der Waals surface area contributed by atoms with E-state index in [1.807, 2.05) is 19.9 Å². The van der Waals surface area contributed by atoms with E-state index in [0.29, 0.717) is 12.5 Å². The highest BCUT2D eigenvalue weighted by atomic mass is 15.1. The third-order valence-corrected chi connectivity index (χ3v) is 4.59. The lowest BCUT2D eigenvalue weighted by molar-refractivity contribution is 0.955. The van der Waals surface area contributed by atoms with Gasteiger partial charge in [-0.25, -0.2) is 15.0 Å². The number of rotatable bonds is 4. The van der Waals surface area contributed by atoms with Crippen LogP contribution in [-0.2, 0) is 6.54 Å². The van der Waals surface area contributed by atoms with Crippen LogP contribution in [0.4, 0.5) is 5.95 Å². The molecule has 0 radical (unpaired) electrons. The highest BCUT2D eigenvalue weighted by Crippen LogP contribution is 2.26. The number of aromatic nitrogens is 4. The molecule has 136 valence electrons. The minimum absolute atomic E-state index is 0.594. The van der Waals surface area contributed by atoms with Gasteiger partial charge in [-0.2, -0.15) is 0 Å². The molecule has 4 aromatic rings. The fourth-order valence-electron chi connectivity index (χ4n) is 3.28. The Kier molecular flexibility index (Phi) is 4.36. The molecule has 0 bridgehead atoms. The van der Waals surface area contributed by atoms with Crippen molar-refractivity contribution in [1.29, 1.82) is 0 Å². The van der Waals surface area contributed by atoms with Crippen LogP contribution in [0, 0.1) is 27.7 Å². The first-order valence-electron chi connectivity index (χ1n) is 9.10. The van der Waals surface area contributed by atoms with Crippen LogP contribution >= 0.6 is 0 Å². The van der Waals surface area contributed by atoms with Gasteiger partial charge in [-0.3, -0.25) is 0 Å². The molecule has 0 aliphatic heterocycles. The van der Waals surface area contributed by atoms with Crippen LogP contribution in [0.15, 0.2) is 48.7 Å². The molecule has 0 saturated heterocycles. The minimum Gasteiger partial charge on any atom is -0.349 e. The first-order valence-corrected chi connectivity index (χ1v) is 9.10. The van der Waals surface area contributed by atoms with Gasteiger partial charge in [0.05, 0.1) is 17.9 Å². The van der Waals surface area contributed by atoms with Gasteiger partial charge in [0.15, 0.2) is 0 Å². The van der Waals surface area contributed by atoms with Crippen molar-refractivity contribution in [3.63, 3.8) is 0 Å². The second-order valence-corrected chi connectivity index (χ2v) is 7.04. The number of anilines is 1. The number of hydrogen-bond acceptors (Lipinski definition) is 4. The molecule has 0 spiro atoms. The van der Waals surface area contributed by atoms with Gasteiger partial charge in [0, 0.05) is 23.1 Å². The van der Waals surface area contributed by atoms with Crippen molar-refractivity contribution in [2.45, 2.75) is 34.2 Å². The van der Waals surface area contributed by atoms with E-state index in [9.17, 15) is 0 Å². The summed E-state index contributed by atoms with van der Waals surface area (Å²) >= 11 is 0. The molecule has 3 heterocycles. The smallest absolute Gasteiger partial charge is 0.223 e. The van der Waals surface area contributed by atoms with Crippen molar-refractivity contribution >= 4 is 11.6 Å². The van der Waals surface area contributed by atoms with E-state index in [1.165, 1.54) is 11.1 Å². The SMILES string of the molecule is Cc1ccc(-c2nc3ccc(C)cn3c2CNc2nc(C)cc(C)n2)cc1. The third-order valence-electron chi connectivity index (χ3n) is 4.59. The molecular weight excluding hydrogens is 334 g/mol. The fraction of sp³-hybridized carbons (Fsp3) is 0.227. The van der Waals surface area contributed by atoms with E-state index in [1.54, 1.807) is 0 Å². The van der Waals surface area contributed by atoms with Crippen LogP contribution in [-0.4, -0.2) is 19.4 Å². The first kappa shape index (κ1) is 17.2. The van der Waals surface area contributed by atoms with Gasteiger partial charge in [0.2, 0.25) is 5.95 Å². The molecule has 5 heteroatoms. The van der Waals surface area contributed by atoms with E-state index in [4.69, 9.17) is 4.98 Å². The van der Waals surface area contributed by atoms with Crippen molar-refractivity contribution in [1.82, 2.24) is 19.4 Å². The van der Waals surface area contributed by atoms with Crippen LogP contribution in [0.3, 0.4) is 0 Å². The number of imidazole rings is 1. The Morgan fingerprint density at radius 1 is 0.815 bits per heavy atom. The predicted molar refractivity (Wildman–Crippen MR) is 109 cm³/mol. The Labute approximate surface area is 159 Å². The van der Waals surface area contributed by atoms with Gasteiger partial charge in [0.1, 0.15) is 5.65 Å². The third kappa shape index (κ3) is 3.53. The standard InChI is InChI=1S/C22H23N5/c1-14-5-8-18(9-6-14)21-19(27-13-15(2)7-10-20(27)26-21)12-23-22-24-16(3)11-17(4)25-22/h5-11,13H,12H2,1-4H3,(H,23,24,25). The number of benzene rings is 1. The molecule has 3 aromatic heterocycles. The van der Waals surface area contributed by atoms with Gasteiger partial charge >= 0.3 is 0 Å². The number of nitrogens with one attached hydrogen (secondary N) is 1. The quantitative estimate of drug-likeness (QED) is 0.578. The Morgan fingerprint density at radius 3 is 2.19 bits per heavy atom. The summed E-state index contributed by atoms with van der Waals surface area (Å²) < 4.78 is 2.15. The van der Waals surface area contributed by atoms with Crippen molar-refractivity contribution in [2.75, 3.05) is 5.32 Å². The second-order valence-electron chi connectivity index (χ2n) is 7.04. The second kappa shape index (κ2) is 6.83. The van der Waals surface area contributed by atoms with Crippen molar-refractivity contribution < 1.29 is 0 Å². The maximum atomic E-state index is 4.88. The van der Waals surface area contributed by atoms with Crippen LogP contribution in [0.5, 0.6) is 0 Å². The molecule has 1 N–H and O–H groups in total. The Hall–Kier alpha value is -3.21. The zero-order valence-electron chi connectivity index (χ0n) is 16.1. The molecule has 0 amide bonds. The molecule has 4 rings (SSSR count). The zero-order valence-corrected chi connectivity index (χ0v) is 16.1. The lowest BCUT2D eigenvalue weighted by Crippen LogP contribution is -2.08. The first-order chi connectivity index (χ1) is 13.0. The van der Waals surface area contributed by atoms with Crippen molar-refractivity contribution in [2.24, 2.45) is 0 Å². The van der Waals surface area contributed by atoms with E-state index in [0.717, 1.165) is 34.0 Å². The van der Waals surface area contributed by atoms with Gasteiger partial charge in [-0.1, -0.05) is 35.9 Å². The molecule has 0 fully saturated rings. The monoisotopic (exact) mass is 357 g/mol. The molecule has 0 aliphatic carbocycles. The summed E-state index contributed by atoms with van der Waals surface area (Å²) in [7, 11) is 0. The molecule has 27 heavy (non-hydrogen) atoms. The van der Waals surface area contributed by atoms with Gasteiger partial charge < -0.3 is 9.72 Å². The van der Waals surface area contributed by atoms with Gasteiger partial charge in [-0.05, 0) is 45.4 Å². The summed E-state index contributed by atoms with van der Waals surface area (Å²) in [5.41, 5.74) is 8.48. The minimum atomic E-state index is 0.594. The summed E-state index contributed by atoms with van der Waals surface area (Å²) in [6, 6.07) is 14.6. The summed E-state index contributed by atoms with van der Waals surface area (Å²) in [5, 5.41) is 3.38. The maximum Gasteiger partial charge on any atom is 0.223 e. The van der Waals surface area contributed by atoms with Crippen LogP contribution in [0.25, 0.3) is 16.9 Å². The lowest BCUT2D eigenvalue weighted by Gasteiger charge is -2.09. The maximum absolute atomic E-state index is 4.88. The van der Waals surface area contributed by atoms with E-state index in [2.05, 4.69) is 76.1 Å². The topological polar surface area (TPSA) is 55.1 Å². The largest absolute Gasteiger partial charge is 0.349 e. The van der Waals surface area contributed by atoms with Gasteiger partial charge in [-0.15, -0.1) is 0 Å². The molecule has 0 unspecified atom stereocenters. The molecule has 0 atom stereocenters. The molecule has 1 aromatic carbocycles. The number of pyridine rings is 1. The predicted octanol–water partition coefficient (Wildman–Crippen LogP) is 4.64. The Morgan fingerprint density at radius 2 is 1.48 bits per heavy atom. The highest BCUT2D eigenvalue weighted by molar-refractivity contribution is 5.67. The summed E-state index contributed by atoms with van der Waals surface area (Å²) in [4.78, 5) is 13.9. The van der Waals surface area contributed by atoms with Crippen molar-refractivity contribution in [3.05, 3.63) is 76.9 Å². The summed E-state index contributed by atoms with van der Waals surface area (Å²) in [5.74, 6) is 0.643. The Bertz CT molecular complexity index is 1090. The summed E-state index contributed by atoms with van der Waals surface area (Å²) in [6.45, 7) is 8.74. The average Bonchev–Trinajstić information content (AvgIpc) is 2.97. The van der Waals surface area contributed by atoms with Crippen LogP contribution in [0.1, 0.15) is 28.2 Å². The van der Waals surface area contributed by atoms with E-state index < -0.39 is 0 Å². The highest BCUT2D eigenvalue weighted by Gasteiger charge is 2.14. The number of aryl methyl sites for hydroxylation is 4. The van der Waals surface area contributed by atoms with Gasteiger partial charge in [0.25, 0.3) is 0 Å². The van der Waals surface area contributed by atoms with Crippen LogP contribution < -0.4 is 5.32 Å². The number of nitrogens with zero attached hydrogens (tertiary/aromatic N) is 4. The molecule has 0 aliphatic rings. The molecule has 0 saturated carbocycles. The lowest BCUT2D eigenvalue weighted by atomic mass is 10.1. The summed E-state index contributed by atoms with van der Waals surface area (Å²) in [6.07, 6.45) is 2.12. The fourth-order valence-corrected chi connectivity index (χ4v) is 3.28. The van der Waals surface area contributed by atoms with E-state index in [-0.39, 0.29) is 0 Å².